The first-order chi connectivity index (χ1) is 7.08. The normalized spacial score (nSPS) is 30.4. The summed E-state index contributed by atoms with van der Waals surface area (Å²) < 4.78 is 11.0. The number of ether oxygens (including phenoxy) is 2. The van der Waals surface area contributed by atoms with Gasteiger partial charge in [-0.05, 0) is 25.2 Å². The minimum Gasteiger partial charge on any atom is -0.379 e. The number of hydrogen-bond donors (Lipinski definition) is 1. The molecule has 2 atom stereocenters. The van der Waals surface area contributed by atoms with Crippen LogP contribution in [0.1, 0.15) is 40.0 Å². The van der Waals surface area contributed by atoms with Crippen LogP contribution in [0.2, 0.25) is 0 Å². The second kappa shape index (κ2) is 5.83. The molecule has 0 radical (unpaired) electrons. The Kier molecular flexibility index (Phi) is 5.03. The number of nitrogens with two attached hydrogens (primary N) is 1. The van der Waals surface area contributed by atoms with E-state index in [0.29, 0.717) is 13.2 Å². The second-order valence-electron chi connectivity index (χ2n) is 5.01. The third-order valence-electron chi connectivity index (χ3n) is 3.38. The molecule has 0 aromatic rings. The van der Waals surface area contributed by atoms with Gasteiger partial charge in [0.05, 0.1) is 19.3 Å². The average Bonchev–Trinajstić information content (AvgIpc) is 2.19. The topological polar surface area (TPSA) is 44.5 Å². The molecule has 3 heteroatoms. The van der Waals surface area contributed by atoms with Gasteiger partial charge in [0.1, 0.15) is 0 Å². The molecule has 1 aliphatic carbocycles. The van der Waals surface area contributed by atoms with E-state index in [-0.39, 0.29) is 17.6 Å². The highest BCUT2D eigenvalue weighted by molar-refractivity contribution is 4.91. The van der Waals surface area contributed by atoms with Gasteiger partial charge in [-0.1, -0.05) is 20.3 Å². The van der Waals surface area contributed by atoms with Gasteiger partial charge in [-0.15, -0.1) is 0 Å². The molecule has 0 spiro atoms. The van der Waals surface area contributed by atoms with Gasteiger partial charge >= 0.3 is 0 Å². The summed E-state index contributed by atoms with van der Waals surface area (Å²) in [5.41, 5.74) is 6.42. The van der Waals surface area contributed by atoms with E-state index >= 15 is 0 Å². The van der Waals surface area contributed by atoms with Gasteiger partial charge in [-0.3, -0.25) is 0 Å². The Morgan fingerprint density at radius 3 is 2.73 bits per heavy atom. The summed E-state index contributed by atoms with van der Waals surface area (Å²) >= 11 is 0. The third-order valence-corrected chi connectivity index (χ3v) is 3.38. The maximum Gasteiger partial charge on any atom is 0.0732 e. The predicted molar refractivity (Wildman–Crippen MR) is 61.8 cm³/mol. The largest absolute Gasteiger partial charge is 0.379 e. The van der Waals surface area contributed by atoms with Crippen LogP contribution in [0.3, 0.4) is 0 Å². The summed E-state index contributed by atoms with van der Waals surface area (Å²) in [4.78, 5) is 0. The highest BCUT2D eigenvalue weighted by Gasteiger charge is 2.36. The SMILES string of the molecule is CCOCCOC1CCCC(C)(C)C1N. The van der Waals surface area contributed by atoms with Crippen LogP contribution in [0, 0.1) is 5.41 Å². The fourth-order valence-electron chi connectivity index (χ4n) is 2.20. The van der Waals surface area contributed by atoms with Crippen molar-refractivity contribution in [2.75, 3.05) is 19.8 Å². The van der Waals surface area contributed by atoms with Crippen molar-refractivity contribution in [1.82, 2.24) is 0 Å². The zero-order valence-corrected chi connectivity index (χ0v) is 10.3. The Hall–Kier alpha value is -0.120. The molecule has 2 N–H and O–H groups in total. The minimum absolute atomic E-state index is 0.160. The van der Waals surface area contributed by atoms with Crippen molar-refractivity contribution in [2.24, 2.45) is 11.1 Å². The monoisotopic (exact) mass is 215 g/mol. The van der Waals surface area contributed by atoms with Crippen molar-refractivity contribution in [1.29, 1.82) is 0 Å². The lowest BCUT2D eigenvalue weighted by Crippen LogP contribution is -2.50. The average molecular weight is 215 g/mol. The Labute approximate surface area is 93.3 Å². The third kappa shape index (κ3) is 3.74. The molecule has 3 nitrogen and oxygen atoms in total. The van der Waals surface area contributed by atoms with Gasteiger partial charge in [0.25, 0.3) is 0 Å². The van der Waals surface area contributed by atoms with Crippen LogP contribution in [0.4, 0.5) is 0 Å². The molecule has 0 bridgehead atoms. The summed E-state index contributed by atoms with van der Waals surface area (Å²) in [7, 11) is 0. The predicted octanol–water partition coefficient (Wildman–Crippen LogP) is 1.95. The van der Waals surface area contributed by atoms with Crippen LogP contribution in [0.15, 0.2) is 0 Å². The van der Waals surface area contributed by atoms with E-state index in [1.54, 1.807) is 0 Å². The van der Waals surface area contributed by atoms with E-state index < -0.39 is 0 Å². The van der Waals surface area contributed by atoms with Crippen molar-refractivity contribution in [3.05, 3.63) is 0 Å². The van der Waals surface area contributed by atoms with E-state index in [0.717, 1.165) is 13.0 Å². The van der Waals surface area contributed by atoms with Crippen LogP contribution in [0.25, 0.3) is 0 Å². The fraction of sp³-hybridized carbons (Fsp3) is 1.00. The smallest absolute Gasteiger partial charge is 0.0732 e. The summed E-state index contributed by atoms with van der Waals surface area (Å²) in [5, 5.41) is 0. The van der Waals surface area contributed by atoms with Gasteiger partial charge in [-0.25, -0.2) is 0 Å². The van der Waals surface area contributed by atoms with Gasteiger partial charge in [0.15, 0.2) is 0 Å². The molecule has 15 heavy (non-hydrogen) atoms. The van der Waals surface area contributed by atoms with Gasteiger partial charge in [0.2, 0.25) is 0 Å². The lowest BCUT2D eigenvalue weighted by molar-refractivity contribution is -0.0448. The van der Waals surface area contributed by atoms with Crippen LogP contribution in [-0.2, 0) is 9.47 Å². The van der Waals surface area contributed by atoms with Crippen LogP contribution >= 0.6 is 0 Å². The highest BCUT2D eigenvalue weighted by Crippen LogP contribution is 2.35. The standard InChI is InChI=1S/C12H25NO2/c1-4-14-8-9-15-10-6-5-7-12(2,3)11(10)13/h10-11H,4-9,13H2,1-3H3. The van der Waals surface area contributed by atoms with Crippen molar-refractivity contribution in [3.8, 4) is 0 Å². The van der Waals surface area contributed by atoms with E-state index in [1.807, 2.05) is 6.92 Å². The first-order valence-electron chi connectivity index (χ1n) is 6.03. The van der Waals surface area contributed by atoms with E-state index in [9.17, 15) is 0 Å². The van der Waals surface area contributed by atoms with Crippen LogP contribution in [0.5, 0.6) is 0 Å². The van der Waals surface area contributed by atoms with Crippen molar-refractivity contribution < 1.29 is 9.47 Å². The lowest BCUT2D eigenvalue weighted by atomic mass is 9.72. The molecule has 90 valence electrons. The fourth-order valence-corrected chi connectivity index (χ4v) is 2.20. The van der Waals surface area contributed by atoms with Crippen molar-refractivity contribution in [2.45, 2.75) is 52.2 Å². The number of rotatable bonds is 5. The summed E-state index contributed by atoms with van der Waals surface area (Å²) in [6.45, 7) is 8.56. The molecule has 1 aliphatic rings. The van der Waals surface area contributed by atoms with Crippen LogP contribution < -0.4 is 5.73 Å². The highest BCUT2D eigenvalue weighted by atomic mass is 16.5. The molecule has 1 saturated carbocycles. The van der Waals surface area contributed by atoms with Gasteiger partial charge < -0.3 is 15.2 Å². The Morgan fingerprint density at radius 2 is 2.07 bits per heavy atom. The second-order valence-corrected chi connectivity index (χ2v) is 5.01. The van der Waals surface area contributed by atoms with E-state index in [2.05, 4.69) is 13.8 Å². The lowest BCUT2D eigenvalue weighted by Gasteiger charge is -2.41. The molecule has 0 aliphatic heterocycles. The number of hydrogen-bond acceptors (Lipinski definition) is 3. The maximum absolute atomic E-state index is 6.21. The zero-order valence-electron chi connectivity index (χ0n) is 10.3. The quantitative estimate of drug-likeness (QED) is 0.713. The molecule has 1 fully saturated rings. The first kappa shape index (κ1) is 12.9. The Bertz CT molecular complexity index is 182. The summed E-state index contributed by atoms with van der Waals surface area (Å²) in [6, 6.07) is 0.160. The molecule has 1 rings (SSSR count). The molecule has 0 saturated heterocycles. The van der Waals surface area contributed by atoms with Crippen molar-refractivity contribution >= 4 is 0 Å². The summed E-state index contributed by atoms with van der Waals surface area (Å²) in [5.74, 6) is 0. The van der Waals surface area contributed by atoms with Gasteiger partial charge in [0, 0.05) is 12.6 Å². The molecular weight excluding hydrogens is 190 g/mol. The van der Waals surface area contributed by atoms with Crippen LogP contribution in [-0.4, -0.2) is 32.0 Å². The minimum atomic E-state index is 0.160. The van der Waals surface area contributed by atoms with Gasteiger partial charge in [-0.2, -0.15) is 0 Å². The molecule has 0 amide bonds. The Balaban J connectivity index is 2.28. The van der Waals surface area contributed by atoms with E-state index in [1.165, 1.54) is 12.8 Å². The van der Waals surface area contributed by atoms with Crippen molar-refractivity contribution in [3.63, 3.8) is 0 Å². The molecule has 0 heterocycles. The summed E-state index contributed by atoms with van der Waals surface area (Å²) in [6.07, 6.45) is 3.74. The molecule has 0 aromatic carbocycles. The molecule has 0 aromatic heterocycles. The maximum atomic E-state index is 6.21. The molecular formula is C12H25NO2. The van der Waals surface area contributed by atoms with E-state index in [4.69, 9.17) is 15.2 Å². The first-order valence-corrected chi connectivity index (χ1v) is 6.03. The Morgan fingerprint density at radius 1 is 1.33 bits per heavy atom. The zero-order chi connectivity index (χ0) is 11.3. The molecule has 2 unspecified atom stereocenters.